The molecular weight excluding hydrogens is 177 g/mol. The summed E-state index contributed by atoms with van der Waals surface area (Å²) in [4.78, 5) is 0. The van der Waals surface area contributed by atoms with Gasteiger partial charge in [-0.3, -0.25) is 0 Å². The van der Waals surface area contributed by atoms with Crippen LogP contribution in [-0.2, 0) is 0 Å². The second-order valence-corrected chi connectivity index (χ2v) is 3.86. The van der Waals surface area contributed by atoms with Crippen molar-refractivity contribution in [2.24, 2.45) is 5.73 Å². The molecule has 0 heterocycles. The molecule has 0 aromatic heterocycles. The molecule has 1 nitrogen and oxygen atoms in total. The van der Waals surface area contributed by atoms with Gasteiger partial charge in [-0.2, -0.15) is 0 Å². The van der Waals surface area contributed by atoms with Crippen LogP contribution in [-0.4, -0.2) is 0 Å². The summed E-state index contributed by atoms with van der Waals surface area (Å²) in [5, 5.41) is 0. The van der Waals surface area contributed by atoms with Crippen molar-refractivity contribution in [3.63, 3.8) is 0 Å². The SMILES string of the molecule is CCC[C@@H](N)c1cc(C)c(F)c(C)c1. The van der Waals surface area contributed by atoms with E-state index in [1.165, 1.54) is 0 Å². The van der Waals surface area contributed by atoms with Crippen LogP contribution in [0.1, 0.15) is 42.5 Å². The Morgan fingerprint density at radius 3 is 2.21 bits per heavy atom. The standard InChI is InChI=1S/C12H18FN/c1-4-5-11(14)10-6-8(2)12(13)9(3)7-10/h6-7,11H,4-5,14H2,1-3H3/t11-/m1/s1. The first-order valence-corrected chi connectivity index (χ1v) is 5.08. The first-order valence-electron chi connectivity index (χ1n) is 5.08. The van der Waals surface area contributed by atoms with Crippen LogP contribution in [0.5, 0.6) is 0 Å². The van der Waals surface area contributed by atoms with Gasteiger partial charge in [0.05, 0.1) is 0 Å². The van der Waals surface area contributed by atoms with Gasteiger partial charge in [-0.25, -0.2) is 4.39 Å². The van der Waals surface area contributed by atoms with Gasteiger partial charge in [0.2, 0.25) is 0 Å². The van der Waals surface area contributed by atoms with E-state index in [9.17, 15) is 4.39 Å². The van der Waals surface area contributed by atoms with Crippen molar-refractivity contribution in [2.45, 2.75) is 39.7 Å². The third kappa shape index (κ3) is 2.32. The average molecular weight is 195 g/mol. The first kappa shape index (κ1) is 11.2. The van der Waals surface area contributed by atoms with Gasteiger partial charge in [0.15, 0.2) is 0 Å². The second-order valence-electron chi connectivity index (χ2n) is 3.86. The molecule has 0 bridgehead atoms. The molecule has 14 heavy (non-hydrogen) atoms. The van der Waals surface area contributed by atoms with Gasteiger partial charge in [0.25, 0.3) is 0 Å². The fourth-order valence-corrected chi connectivity index (χ4v) is 1.67. The summed E-state index contributed by atoms with van der Waals surface area (Å²) in [6.45, 7) is 5.66. The molecule has 2 heteroatoms. The van der Waals surface area contributed by atoms with Gasteiger partial charge in [0.1, 0.15) is 5.82 Å². The van der Waals surface area contributed by atoms with E-state index in [2.05, 4.69) is 6.92 Å². The van der Waals surface area contributed by atoms with Crippen LogP contribution in [0.4, 0.5) is 4.39 Å². The minimum Gasteiger partial charge on any atom is -0.324 e. The summed E-state index contributed by atoms with van der Waals surface area (Å²) in [5.41, 5.74) is 8.39. The van der Waals surface area contributed by atoms with Crippen molar-refractivity contribution in [1.82, 2.24) is 0 Å². The van der Waals surface area contributed by atoms with Gasteiger partial charge in [-0.05, 0) is 37.0 Å². The molecular formula is C12H18FN. The summed E-state index contributed by atoms with van der Waals surface area (Å²) in [7, 11) is 0. The largest absolute Gasteiger partial charge is 0.324 e. The Hall–Kier alpha value is -0.890. The Kier molecular flexibility index (Phi) is 3.64. The van der Waals surface area contributed by atoms with Crippen LogP contribution in [0.15, 0.2) is 12.1 Å². The Labute approximate surface area is 85.1 Å². The molecule has 0 amide bonds. The lowest BCUT2D eigenvalue weighted by Crippen LogP contribution is -2.10. The number of hydrogen-bond acceptors (Lipinski definition) is 1. The third-order valence-corrected chi connectivity index (χ3v) is 2.49. The summed E-state index contributed by atoms with van der Waals surface area (Å²) >= 11 is 0. The van der Waals surface area contributed by atoms with E-state index in [1.54, 1.807) is 13.8 Å². The molecule has 0 unspecified atom stereocenters. The minimum absolute atomic E-state index is 0.0398. The van der Waals surface area contributed by atoms with E-state index in [0.717, 1.165) is 18.4 Å². The average Bonchev–Trinajstić information content (AvgIpc) is 2.13. The number of halogens is 1. The highest BCUT2D eigenvalue weighted by Crippen LogP contribution is 2.21. The zero-order valence-electron chi connectivity index (χ0n) is 9.10. The van der Waals surface area contributed by atoms with Crippen LogP contribution >= 0.6 is 0 Å². The summed E-state index contributed by atoms with van der Waals surface area (Å²) in [5.74, 6) is -0.113. The van der Waals surface area contributed by atoms with Crippen LogP contribution in [0.25, 0.3) is 0 Å². The summed E-state index contributed by atoms with van der Waals surface area (Å²) < 4.78 is 13.3. The predicted molar refractivity (Wildman–Crippen MR) is 57.7 cm³/mol. The summed E-state index contributed by atoms with van der Waals surface area (Å²) in [6, 6.07) is 3.74. The number of rotatable bonds is 3. The van der Waals surface area contributed by atoms with E-state index < -0.39 is 0 Å². The Balaban J connectivity index is 3.00. The van der Waals surface area contributed by atoms with Crippen molar-refractivity contribution >= 4 is 0 Å². The number of benzene rings is 1. The minimum atomic E-state index is -0.113. The molecule has 0 saturated carbocycles. The molecule has 0 radical (unpaired) electrons. The van der Waals surface area contributed by atoms with Crippen LogP contribution in [0, 0.1) is 19.7 Å². The van der Waals surface area contributed by atoms with Crippen LogP contribution in [0.3, 0.4) is 0 Å². The fraction of sp³-hybridized carbons (Fsp3) is 0.500. The molecule has 1 rings (SSSR count). The lowest BCUT2D eigenvalue weighted by Gasteiger charge is -2.13. The molecule has 0 aliphatic rings. The van der Waals surface area contributed by atoms with Crippen molar-refractivity contribution in [1.29, 1.82) is 0 Å². The van der Waals surface area contributed by atoms with Crippen molar-refractivity contribution in [3.05, 3.63) is 34.6 Å². The summed E-state index contributed by atoms with van der Waals surface area (Å²) in [6.07, 6.45) is 2.00. The van der Waals surface area contributed by atoms with Crippen LogP contribution in [0.2, 0.25) is 0 Å². The maximum absolute atomic E-state index is 13.3. The molecule has 0 fully saturated rings. The fourth-order valence-electron chi connectivity index (χ4n) is 1.67. The highest BCUT2D eigenvalue weighted by molar-refractivity contribution is 5.32. The first-order chi connectivity index (χ1) is 6.56. The zero-order chi connectivity index (χ0) is 10.7. The monoisotopic (exact) mass is 195 g/mol. The van der Waals surface area contributed by atoms with E-state index in [1.807, 2.05) is 12.1 Å². The molecule has 1 aromatic carbocycles. The normalized spacial score (nSPS) is 12.9. The van der Waals surface area contributed by atoms with Crippen molar-refractivity contribution in [2.75, 3.05) is 0 Å². The molecule has 0 spiro atoms. The van der Waals surface area contributed by atoms with E-state index >= 15 is 0 Å². The van der Waals surface area contributed by atoms with E-state index in [-0.39, 0.29) is 11.9 Å². The van der Waals surface area contributed by atoms with Crippen molar-refractivity contribution < 1.29 is 4.39 Å². The number of aryl methyl sites for hydroxylation is 2. The molecule has 0 aliphatic carbocycles. The van der Waals surface area contributed by atoms with Gasteiger partial charge in [0, 0.05) is 6.04 Å². The number of nitrogens with two attached hydrogens (primary N) is 1. The highest BCUT2D eigenvalue weighted by Gasteiger charge is 2.09. The smallest absolute Gasteiger partial charge is 0.129 e. The Bertz CT molecular complexity index is 297. The molecule has 78 valence electrons. The number of hydrogen-bond donors (Lipinski definition) is 1. The maximum Gasteiger partial charge on any atom is 0.129 e. The van der Waals surface area contributed by atoms with Gasteiger partial charge in [-0.15, -0.1) is 0 Å². The second kappa shape index (κ2) is 4.56. The molecule has 1 atom stereocenters. The van der Waals surface area contributed by atoms with Gasteiger partial charge >= 0.3 is 0 Å². The molecule has 1 aromatic rings. The van der Waals surface area contributed by atoms with Crippen LogP contribution < -0.4 is 5.73 Å². The lowest BCUT2D eigenvalue weighted by atomic mass is 9.98. The Morgan fingerprint density at radius 2 is 1.79 bits per heavy atom. The quantitative estimate of drug-likeness (QED) is 0.787. The predicted octanol–water partition coefficient (Wildman–Crippen LogP) is 3.24. The van der Waals surface area contributed by atoms with Crippen molar-refractivity contribution in [3.8, 4) is 0 Å². The molecule has 0 saturated heterocycles. The lowest BCUT2D eigenvalue weighted by molar-refractivity contribution is 0.599. The zero-order valence-corrected chi connectivity index (χ0v) is 9.10. The van der Waals surface area contributed by atoms with E-state index in [0.29, 0.717) is 11.1 Å². The Morgan fingerprint density at radius 1 is 1.29 bits per heavy atom. The van der Waals surface area contributed by atoms with Gasteiger partial charge < -0.3 is 5.73 Å². The topological polar surface area (TPSA) is 26.0 Å². The maximum atomic E-state index is 13.3. The van der Waals surface area contributed by atoms with E-state index in [4.69, 9.17) is 5.73 Å². The molecule has 0 aliphatic heterocycles. The molecule has 2 N–H and O–H groups in total. The van der Waals surface area contributed by atoms with Gasteiger partial charge in [-0.1, -0.05) is 25.5 Å². The highest BCUT2D eigenvalue weighted by atomic mass is 19.1. The third-order valence-electron chi connectivity index (χ3n) is 2.49.